The van der Waals surface area contributed by atoms with Crippen LogP contribution in [0.25, 0.3) is 11.3 Å². The van der Waals surface area contributed by atoms with E-state index >= 15 is 0 Å². The monoisotopic (exact) mass is 436 g/mol. The van der Waals surface area contributed by atoms with Crippen molar-refractivity contribution in [2.45, 2.75) is 44.4 Å². The number of hydrogen-bond acceptors (Lipinski definition) is 2. The van der Waals surface area contributed by atoms with Crippen molar-refractivity contribution in [2.75, 3.05) is 5.32 Å². The predicted molar refractivity (Wildman–Crippen MR) is 126 cm³/mol. The molecule has 0 aliphatic heterocycles. The fraction of sp³-hybridized carbons (Fsp3) is 0.320. The molecule has 0 aliphatic rings. The summed E-state index contributed by atoms with van der Waals surface area (Å²) >= 11 is -2.32. The second-order valence-corrected chi connectivity index (χ2v) is 19.9. The number of rotatable bonds is 5. The van der Waals surface area contributed by atoms with Gasteiger partial charge in [-0.1, -0.05) is 0 Å². The summed E-state index contributed by atoms with van der Waals surface area (Å²) in [6.45, 7) is 5.91. The zero-order valence-electron chi connectivity index (χ0n) is 19.8. The number of nitrogens with zero attached hydrogens (tertiary/aromatic N) is 1. The average Bonchev–Trinajstić information content (AvgIpc) is 2.67. The van der Waals surface area contributed by atoms with Crippen LogP contribution in [-0.4, -0.2) is 18.3 Å². The number of pyridine rings is 1. The maximum absolute atomic E-state index is 8.95. The molecule has 0 atom stereocenters. The summed E-state index contributed by atoms with van der Waals surface area (Å²) in [4.78, 5) is 4.77. The van der Waals surface area contributed by atoms with Gasteiger partial charge < -0.3 is 0 Å². The normalized spacial score (nSPS) is 13.6. The molecule has 28 heavy (non-hydrogen) atoms. The molecule has 0 fully saturated rings. The van der Waals surface area contributed by atoms with Gasteiger partial charge in [0.2, 0.25) is 0 Å². The first-order chi connectivity index (χ1) is 13.9. The third kappa shape index (κ3) is 5.48. The van der Waals surface area contributed by atoms with Crippen molar-refractivity contribution in [2.24, 2.45) is 5.41 Å². The molecule has 0 unspecified atom stereocenters. The zero-order valence-corrected chi connectivity index (χ0v) is 19.9. The quantitative estimate of drug-likeness (QED) is 0.456. The van der Waals surface area contributed by atoms with Crippen LogP contribution < -0.4 is 9.71 Å². The van der Waals surface area contributed by atoms with Crippen LogP contribution in [0, 0.1) is 5.41 Å². The van der Waals surface area contributed by atoms with Crippen molar-refractivity contribution >= 4 is 29.0 Å². The Morgan fingerprint density at radius 3 is 2.25 bits per heavy atom. The third-order valence-electron chi connectivity index (χ3n) is 4.44. The van der Waals surface area contributed by atoms with Crippen LogP contribution in [-0.2, 0) is 6.37 Å². The number of anilines is 2. The number of aromatic nitrogens is 1. The Kier molecular flexibility index (Phi) is 5.22. The predicted octanol–water partition coefficient (Wildman–Crippen LogP) is 6.63. The Labute approximate surface area is 175 Å². The van der Waals surface area contributed by atoms with Crippen molar-refractivity contribution in [3.05, 3.63) is 72.4 Å². The molecule has 2 nitrogen and oxygen atoms in total. The summed E-state index contributed by atoms with van der Waals surface area (Å²) in [5.41, 5.74) is 4.10. The second-order valence-electron chi connectivity index (χ2n) is 9.31. The van der Waals surface area contributed by atoms with E-state index in [1.165, 1.54) is 0 Å². The van der Waals surface area contributed by atoms with E-state index in [2.05, 4.69) is 28.7 Å². The Morgan fingerprint density at radius 2 is 1.61 bits per heavy atom. The van der Waals surface area contributed by atoms with Gasteiger partial charge in [-0.2, -0.15) is 0 Å². The third-order valence-corrected chi connectivity index (χ3v) is 8.67. The van der Waals surface area contributed by atoms with Crippen LogP contribution >= 0.6 is 0 Å². The van der Waals surface area contributed by atoms with Crippen molar-refractivity contribution in [3.8, 4) is 11.3 Å². The van der Waals surface area contributed by atoms with Gasteiger partial charge in [0.1, 0.15) is 0 Å². The molecule has 2 aromatic carbocycles. The summed E-state index contributed by atoms with van der Waals surface area (Å²) in [7, 11) is 0. The molecule has 0 aliphatic carbocycles. The second kappa shape index (κ2) is 8.12. The SMILES string of the molecule is [2H]C([2H])(c1cc(-c2cccc(Nc3ccccc3)c2)nc[c]1[Ge]([CH3])([CH3])[CH3])C(C)(C)C. The van der Waals surface area contributed by atoms with Crippen LogP contribution in [0.15, 0.2) is 66.9 Å². The standard InChI is InChI=1S/C25H32GeN2/c1-25(2,3)17-20-16-24(27-18-23(20)26(4,5)6)19-11-10-14-22(15-19)28-21-12-8-7-9-13-21/h7-16,18,28H,17H2,1-6H3/i17D2. The number of para-hydroxylation sites is 1. The number of benzene rings is 2. The molecule has 0 amide bonds. The van der Waals surface area contributed by atoms with Gasteiger partial charge in [-0.05, 0) is 0 Å². The molecule has 1 heterocycles. The summed E-state index contributed by atoms with van der Waals surface area (Å²) in [6, 6.07) is 20.2. The number of hydrogen-bond donors (Lipinski definition) is 1. The van der Waals surface area contributed by atoms with Gasteiger partial charge in [0.15, 0.2) is 0 Å². The van der Waals surface area contributed by atoms with Crippen LogP contribution in [0.4, 0.5) is 11.4 Å². The van der Waals surface area contributed by atoms with Gasteiger partial charge in [-0.15, -0.1) is 0 Å². The Bertz CT molecular complexity index is 1020. The van der Waals surface area contributed by atoms with Crippen molar-refractivity contribution in [1.82, 2.24) is 4.98 Å². The zero-order chi connectivity index (χ0) is 22.2. The van der Waals surface area contributed by atoms with E-state index in [1.807, 2.05) is 81.6 Å². The first-order valence-electron chi connectivity index (χ1n) is 10.8. The van der Waals surface area contributed by atoms with Gasteiger partial charge in [0, 0.05) is 0 Å². The van der Waals surface area contributed by atoms with Gasteiger partial charge in [0.25, 0.3) is 0 Å². The molecular formula is C25H32GeN2. The van der Waals surface area contributed by atoms with E-state index in [-0.39, 0.29) is 0 Å². The summed E-state index contributed by atoms with van der Waals surface area (Å²) in [6.07, 6.45) is 0.490. The van der Waals surface area contributed by atoms with Crippen molar-refractivity contribution in [1.29, 1.82) is 0 Å². The van der Waals surface area contributed by atoms with E-state index in [0.29, 0.717) is 0 Å². The van der Waals surface area contributed by atoms with E-state index < -0.39 is 25.1 Å². The summed E-state index contributed by atoms with van der Waals surface area (Å²) in [5, 5.41) is 3.43. The molecule has 3 heteroatoms. The molecule has 0 saturated heterocycles. The van der Waals surface area contributed by atoms with E-state index in [1.54, 1.807) is 0 Å². The van der Waals surface area contributed by atoms with E-state index in [0.717, 1.165) is 32.6 Å². The molecule has 146 valence electrons. The van der Waals surface area contributed by atoms with Crippen LogP contribution in [0.1, 0.15) is 29.1 Å². The van der Waals surface area contributed by atoms with Gasteiger partial charge in [0.05, 0.1) is 0 Å². The Balaban J connectivity index is 2.07. The molecule has 1 aromatic heterocycles. The fourth-order valence-electron chi connectivity index (χ4n) is 3.16. The molecule has 0 bridgehead atoms. The van der Waals surface area contributed by atoms with Gasteiger partial charge >= 0.3 is 176 Å². The fourth-order valence-corrected chi connectivity index (χ4v) is 6.09. The van der Waals surface area contributed by atoms with Crippen LogP contribution in [0.5, 0.6) is 0 Å². The first kappa shape index (κ1) is 18.0. The van der Waals surface area contributed by atoms with Crippen molar-refractivity contribution < 1.29 is 2.74 Å². The van der Waals surface area contributed by atoms with Crippen LogP contribution in [0.3, 0.4) is 0 Å². The molecule has 0 spiro atoms. The molecule has 0 saturated carbocycles. The van der Waals surface area contributed by atoms with Gasteiger partial charge in [-0.3, -0.25) is 0 Å². The van der Waals surface area contributed by atoms with E-state index in [9.17, 15) is 0 Å². The summed E-state index contributed by atoms with van der Waals surface area (Å²) in [5.74, 6) is 6.88. The molecule has 1 N–H and O–H groups in total. The average molecular weight is 435 g/mol. The Hall–Kier alpha value is -2.07. The van der Waals surface area contributed by atoms with Gasteiger partial charge in [-0.25, -0.2) is 0 Å². The molecule has 0 radical (unpaired) electrons. The molecular weight excluding hydrogens is 401 g/mol. The molecule has 3 rings (SSSR count). The topological polar surface area (TPSA) is 24.9 Å². The first-order valence-corrected chi connectivity index (χ1v) is 17.2. The summed E-state index contributed by atoms with van der Waals surface area (Å²) < 4.78 is 19.0. The Morgan fingerprint density at radius 1 is 0.929 bits per heavy atom. The van der Waals surface area contributed by atoms with Crippen LogP contribution in [0.2, 0.25) is 17.3 Å². The maximum atomic E-state index is 8.95. The van der Waals surface area contributed by atoms with Crippen molar-refractivity contribution in [3.63, 3.8) is 0 Å². The number of nitrogens with one attached hydrogen (secondary N) is 1. The van der Waals surface area contributed by atoms with E-state index in [4.69, 9.17) is 7.73 Å². The minimum absolute atomic E-state index is 0.509. The minimum atomic E-state index is -2.32. The molecule has 3 aromatic rings.